The number of aryl methyl sites for hydroxylation is 1. The van der Waals surface area contributed by atoms with Crippen molar-refractivity contribution in [3.05, 3.63) is 47.0 Å². The Kier molecular flexibility index (Phi) is 6.06. The zero-order valence-electron chi connectivity index (χ0n) is 15.1. The standard InChI is InChI=1S/C19H21NO6/c1-11-6-5-7-15(12(11)2)26-10-18(21)20-14-9-17(25-4)16(24-3)8-13(14)19(22)23/h5-9H,10H2,1-4H3,(H,20,21)(H,22,23). The maximum absolute atomic E-state index is 12.2. The molecule has 26 heavy (non-hydrogen) atoms. The Hall–Kier alpha value is -3.22. The second kappa shape index (κ2) is 8.24. The smallest absolute Gasteiger partial charge is 0.337 e. The van der Waals surface area contributed by atoms with Crippen LogP contribution in [0.25, 0.3) is 0 Å². The molecule has 0 bridgehead atoms. The van der Waals surface area contributed by atoms with Crippen LogP contribution in [0.1, 0.15) is 21.5 Å². The summed E-state index contributed by atoms with van der Waals surface area (Å²) in [6.07, 6.45) is 0. The Labute approximate surface area is 151 Å². The monoisotopic (exact) mass is 359 g/mol. The Morgan fingerprint density at radius 2 is 1.69 bits per heavy atom. The Bertz CT molecular complexity index is 831. The molecule has 0 aliphatic rings. The highest BCUT2D eigenvalue weighted by Gasteiger charge is 2.18. The van der Waals surface area contributed by atoms with Crippen molar-refractivity contribution in [1.82, 2.24) is 0 Å². The summed E-state index contributed by atoms with van der Waals surface area (Å²) in [6.45, 7) is 3.60. The molecule has 1 amide bonds. The van der Waals surface area contributed by atoms with Crippen LogP contribution < -0.4 is 19.5 Å². The molecular weight excluding hydrogens is 338 g/mol. The van der Waals surface area contributed by atoms with E-state index >= 15 is 0 Å². The largest absolute Gasteiger partial charge is 0.493 e. The molecule has 0 aromatic heterocycles. The normalized spacial score (nSPS) is 10.2. The van der Waals surface area contributed by atoms with Crippen molar-refractivity contribution in [2.75, 3.05) is 26.1 Å². The highest BCUT2D eigenvalue weighted by atomic mass is 16.5. The van der Waals surface area contributed by atoms with Crippen LogP contribution in [-0.2, 0) is 4.79 Å². The lowest BCUT2D eigenvalue weighted by atomic mass is 10.1. The summed E-state index contributed by atoms with van der Waals surface area (Å²) in [6, 6.07) is 8.26. The SMILES string of the molecule is COc1cc(NC(=O)COc2cccc(C)c2C)c(C(=O)O)cc1OC. The molecular formula is C19H21NO6. The number of carbonyl (C=O) groups is 2. The number of carboxylic acid groups (broad SMARTS) is 1. The molecule has 0 saturated carbocycles. The lowest BCUT2D eigenvalue weighted by Crippen LogP contribution is -2.22. The molecule has 2 aromatic rings. The third-order valence-electron chi connectivity index (χ3n) is 3.94. The highest BCUT2D eigenvalue weighted by Crippen LogP contribution is 2.33. The van der Waals surface area contributed by atoms with E-state index in [1.807, 2.05) is 26.0 Å². The number of rotatable bonds is 7. The fourth-order valence-electron chi connectivity index (χ4n) is 2.37. The molecule has 0 unspecified atom stereocenters. The van der Waals surface area contributed by atoms with Crippen molar-refractivity contribution in [3.8, 4) is 17.2 Å². The average molecular weight is 359 g/mol. The first-order valence-electron chi connectivity index (χ1n) is 7.85. The van der Waals surface area contributed by atoms with Crippen molar-refractivity contribution in [2.45, 2.75) is 13.8 Å². The van der Waals surface area contributed by atoms with Crippen LogP contribution in [0.4, 0.5) is 5.69 Å². The molecule has 0 radical (unpaired) electrons. The third-order valence-corrected chi connectivity index (χ3v) is 3.94. The molecule has 0 fully saturated rings. The van der Waals surface area contributed by atoms with Gasteiger partial charge in [0.05, 0.1) is 25.5 Å². The Morgan fingerprint density at radius 1 is 1.04 bits per heavy atom. The maximum Gasteiger partial charge on any atom is 0.337 e. The summed E-state index contributed by atoms with van der Waals surface area (Å²) in [4.78, 5) is 23.7. The summed E-state index contributed by atoms with van der Waals surface area (Å²) >= 11 is 0. The third kappa shape index (κ3) is 4.24. The molecule has 2 rings (SSSR count). The Balaban J connectivity index is 2.17. The van der Waals surface area contributed by atoms with Gasteiger partial charge < -0.3 is 24.6 Å². The number of hydrogen-bond acceptors (Lipinski definition) is 5. The van der Waals surface area contributed by atoms with E-state index in [-0.39, 0.29) is 23.6 Å². The number of nitrogens with one attached hydrogen (secondary N) is 1. The molecule has 0 heterocycles. The molecule has 138 valence electrons. The van der Waals surface area contributed by atoms with Gasteiger partial charge in [0.25, 0.3) is 5.91 Å². The second-order valence-electron chi connectivity index (χ2n) is 5.59. The predicted molar refractivity (Wildman–Crippen MR) is 96.5 cm³/mol. The molecule has 7 heteroatoms. The van der Waals surface area contributed by atoms with Gasteiger partial charge in [-0.15, -0.1) is 0 Å². The van der Waals surface area contributed by atoms with Crippen molar-refractivity contribution < 1.29 is 28.9 Å². The number of benzene rings is 2. The molecule has 2 N–H and O–H groups in total. The van der Waals surface area contributed by atoms with Crippen molar-refractivity contribution >= 4 is 17.6 Å². The summed E-state index contributed by atoms with van der Waals surface area (Å²) < 4.78 is 15.8. The lowest BCUT2D eigenvalue weighted by molar-refractivity contribution is -0.118. The van der Waals surface area contributed by atoms with Crippen LogP contribution >= 0.6 is 0 Å². The first-order valence-corrected chi connectivity index (χ1v) is 7.85. The van der Waals surface area contributed by atoms with Gasteiger partial charge in [0.15, 0.2) is 18.1 Å². The van der Waals surface area contributed by atoms with Gasteiger partial charge in [0.2, 0.25) is 0 Å². The van der Waals surface area contributed by atoms with Crippen LogP contribution in [0.2, 0.25) is 0 Å². The molecule has 2 aromatic carbocycles. The van der Waals surface area contributed by atoms with Gasteiger partial charge in [-0.2, -0.15) is 0 Å². The summed E-state index contributed by atoms with van der Waals surface area (Å²) in [5.41, 5.74) is 1.99. The van der Waals surface area contributed by atoms with E-state index in [1.54, 1.807) is 6.07 Å². The van der Waals surface area contributed by atoms with E-state index in [0.717, 1.165) is 11.1 Å². The lowest BCUT2D eigenvalue weighted by Gasteiger charge is -2.14. The predicted octanol–water partition coefficient (Wildman–Crippen LogP) is 3.04. The number of hydrogen-bond donors (Lipinski definition) is 2. The van der Waals surface area contributed by atoms with Gasteiger partial charge in [-0.3, -0.25) is 4.79 Å². The number of amides is 1. The molecule has 0 atom stereocenters. The average Bonchev–Trinajstić information content (AvgIpc) is 2.62. The summed E-state index contributed by atoms with van der Waals surface area (Å²) in [7, 11) is 2.83. The fourth-order valence-corrected chi connectivity index (χ4v) is 2.37. The van der Waals surface area contributed by atoms with Crippen molar-refractivity contribution in [3.63, 3.8) is 0 Å². The minimum Gasteiger partial charge on any atom is -0.493 e. The van der Waals surface area contributed by atoms with Gasteiger partial charge in [0.1, 0.15) is 5.75 Å². The van der Waals surface area contributed by atoms with Gasteiger partial charge >= 0.3 is 5.97 Å². The number of aromatic carboxylic acids is 1. The van der Waals surface area contributed by atoms with E-state index in [4.69, 9.17) is 14.2 Å². The van der Waals surface area contributed by atoms with Gasteiger partial charge in [-0.25, -0.2) is 4.79 Å². The molecule has 0 aliphatic carbocycles. The van der Waals surface area contributed by atoms with E-state index in [0.29, 0.717) is 11.5 Å². The maximum atomic E-state index is 12.2. The van der Waals surface area contributed by atoms with Crippen LogP contribution in [0.15, 0.2) is 30.3 Å². The number of ether oxygens (including phenoxy) is 3. The van der Waals surface area contributed by atoms with Crippen molar-refractivity contribution in [2.24, 2.45) is 0 Å². The summed E-state index contributed by atoms with van der Waals surface area (Å²) in [5, 5.41) is 11.9. The highest BCUT2D eigenvalue weighted by molar-refractivity contribution is 6.01. The van der Waals surface area contributed by atoms with Gasteiger partial charge in [-0.05, 0) is 31.0 Å². The minimum absolute atomic E-state index is 0.102. The summed E-state index contributed by atoms with van der Waals surface area (Å²) in [5.74, 6) is -0.513. The van der Waals surface area contributed by atoms with E-state index in [9.17, 15) is 14.7 Å². The van der Waals surface area contributed by atoms with E-state index < -0.39 is 11.9 Å². The van der Waals surface area contributed by atoms with Crippen LogP contribution in [0, 0.1) is 13.8 Å². The molecule has 0 aliphatic heterocycles. The van der Waals surface area contributed by atoms with Crippen LogP contribution in [0.5, 0.6) is 17.2 Å². The zero-order chi connectivity index (χ0) is 19.3. The Morgan fingerprint density at radius 3 is 2.31 bits per heavy atom. The van der Waals surface area contributed by atoms with E-state index in [2.05, 4.69) is 5.32 Å². The number of anilines is 1. The van der Waals surface area contributed by atoms with Gasteiger partial charge in [0, 0.05) is 12.1 Å². The first kappa shape index (κ1) is 19.1. The number of carboxylic acids is 1. The van der Waals surface area contributed by atoms with E-state index in [1.165, 1.54) is 26.4 Å². The topological polar surface area (TPSA) is 94.1 Å². The van der Waals surface area contributed by atoms with Crippen molar-refractivity contribution in [1.29, 1.82) is 0 Å². The zero-order valence-corrected chi connectivity index (χ0v) is 15.1. The quantitative estimate of drug-likeness (QED) is 0.789. The molecule has 0 saturated heterocycles. The van der Waals surface area contributed by atoms with Crippen LogP contribution in [-0.4, -0.2) is 37.8 Å². The van der Waals surface area contributed by atoms with Crippen LogP contribution in [0.3, 0.4) is 0 Å². The first-order chi connectivity index (χ1) is 12.4. The molecule has 7 nitrogen and oxygen atoms in total. The van der Waals surface area contributed by atoms with Gasteiger partial charge in [-0.1, -0.05) is 12.1 Å². The number of methoxy groups -OCH3 is 2. The molecule has 0 spiro atoms. The number of carbonyl (C=O) groups excluding carboxylic acids is 1. The fraction of sp³-hybridized carbons (Fsp3) is 0.263. The minimum atomic E-state index is -1.20. The second-order valence-corrected chi connectivity index (χ2v) is 5.59.